The molecule has 0 aliphatic heterocycles. The summed E-state index contributed by atoms with van der Waals surface area (Å²) >= 11 is 0. The number of methoxy groups -OCH3 is 1. The van der Waals surface area contributed by atoms with Gasteiger partial charge in [-0.25, -0.2) is 0 Å². The first-order valence-corrected chi connectivity index (χ1v) is 5.25. The van der Waals surface area contributed by atoms with Gasteiger partial charge in [-0.3, -0.25) is 0 Å². The number of rotatable bonds is 4. The zero-order valence-corrected chi connectivity index (χ0v) is 9.23. The van der Waals surface area contributed by atoms with Crippen molar-refractivity contribution in [3.8, 4) is 5.75 Å². The second kappa shape index (κ2) is 4.55. The van der Waals surface area contributed by atoms with E-state index in [-0.39, 0.29) is 12.6 Å². The van der Waals surface area contributed by atoms with Gasteiger partial charge in [0.15, 0.2) is 0 Å². The second-order valence-corrected chi connectivity index (χ2v) is 3.89. The van der Waals surface area contributed by atoms with E-state index in [0.717, 1.165) is 22.3 Å². The van der Waals surface area contributed by atoms with Gasteiger partial charge in [-0.15, -0.1) is 0 Å². The summed E-state index contributed by atoms with van der Waals surface area (Å²) in [5, 5.41) is 10.0. The molecule has 1 aromatic heterocycles. The van der Waals surface area contributed by atoms with Crippen LogP contribution in [0.3, 0.4) is 0 Å². The lowest BCUT2D eigenvalue weighted by atomic mass is 10.2. The van der Waals surface area contributed by atoms with Gasteiger partial charge in [-0.2, -0.15) is 0 Å². The first-order valence-electron chi connectivity index (χ1n) is 5.25. The molecule has 1 heterocycles. The average molecular weight is 220 g/mol. The number of aliphatic hydroxyl groups is 1. The maximum atomic E-state index is 8.89. The first kappa shape index (κ1) is 11.0. The molecule has 0 spiro atoms. The van der Waals surface area contributed by atoms with Gasteiger partial charge in [0.05, 0.1) is 13.7 Å². The number of aromatic amines is 1. The predicted octanol–water partition coefficient (Wildman–Crippen LogP) is 1.04. The molecule has 0 radical (unpaired) electrons. The molecule has 0 fully saturated rings. The second-order valence-electron chi connectivity index (χ2n) is 3.89. The molecule has 0 aliphatic carbocycles. The topological polar surface area (TPSA) is 71.3 Å². The average Bonchev–Trinajstić information content (AvgIpc) is 2.69. The highest BCUT2D eigenvalue weighted by Crippen LogP contribution is 2.21. The third-order valence-corrected chi connectivity index (χ3v) is 2.60. The number of aromatic nitrogens is 1. The van der Waals surface area contributed by atoms with Gasteiger partial charge in [-0.1, -0.05) is 0 Å². The lowest BCUT2D eigenvalue weighted by molar-refractivity contribution is 0.265. The van der Waals surface area contributed by atoms with Crippen molar-refractivity contribution in [2.75, 3.05) is 13.7 Å². The van der Waals surface area contributed by atoms with E-state index in [0.29, 0.717) is 6.42 Å². The Balaban J connectivity index is 2.29. The normalized spacial score (nSPS) is 12.9. The Morgan fingerprint density at radius 2 is 2.25 bits per heavy atom. The Labute approximate surface area is 94.0 Å². The van der Waals surface area contributed by atoms with Crippen LogP contribution in [0.4, 0.5) is 0 Å². The minimum atomic E-state index is -0.213. The number of nitrogens with one attached hydrogen (secondary N) is 1. The van der Waals surface area contributed by atoms with E-state index < -0.39 is 0 Å². The molecule has 0 aliphatic rings. The summed E-state index contributed by atoms with van der Waals surface area (Å²) in [5.41, 5.74) is 7.75. The van der Waals surface area contributed by atoms with Crippen LogP contribution >= 0.6 is 0 Å². The Morgan fingerprint density at radius 3 is 2.94 bits per heavy atom. The zero-order chi connectivity index (χ0) is 11.5. The number of aliphatic hydroxyl groups excluding tert-OH is 1. The van der Waals surface area contributed by atoms with Crippen molar-refractivity contribution >= 4 is 10.9 Å². The molecule has 0 amide bonds. The smallest absolute Gasteiger partial charge is 0.120 e. The van der Waals surface area contributed by atoms with Crippen LogP contribution in [0.1, 0.15) is 5.69 Å². The van der Waals surface area contributed by atoms with Crippen LogP contribution in [-0.4, -0.2) is 29.8 Å². The van der Waals surface area contributed by atoms with E-state index in [1.165, 1.54) is 0 Å². The van der Waals surface area contributed by atoms with E-state index in [1.807, 2.05) is 24.3 Å². The van der Waals surface area contributed by atoms with Gasteiger partial charge in [0.2, 0.25) is 0 Å². The zero-order valence-electron chi connectivity index (χ0n) is 9.23. The quantitative estimate of drug-likeness (QED) is 0.721. The summed E-state index contributed by atoms with van der Waals surface area (Å²) < 4.78 is 5.15. The van der Waals surface area contributed by atoms with Crippen molar-refractivity contribution in [2.24, 2.45) is 5.73 Å². The fraction of sp³-hybridized carbons (Fsp3) is 0.333. The number of ether oxygens (including phenoxy) is 1. The van der Waals surface area contributed by atoms with Gasteiger partial charge in [-0.05, 0) is 23.6 Å². The monoisotopic (exact) mass is 220 g/mol. The maximum Gasteiger partial charge on any atom is 0.120 e. The number of nitrogens with two attached hydrogens (primary N) is 1. The van der Waals surface area contributed by atoms with Crippen LogP contribution in [0.25, 0.3) is 10.9 Å². The molecule has 1 unspecified atom stereocenters. The molecule has 1 atom stereocenters. The predicted molar refractivity (Wildman–Crippen MR) is 63.6 cm³/mol. The van der Waals surface area contributed by atoms with E-state index in [1.54, 1.807) is 7.11 Å². The molecule has 1 aromatic carbocycles. The molecule has 2 rings (SSSR count). The third-order valence-electron chi connectivity index (χ3n) is 2.60. The highest BCUT2D eigenvalue weighted by atomic mass is 16.5. The highest BCUT2D eigenvalue weighted by molar-refractivity contribution is 5.81. The number of hydrogen-bond acceptors (Lipinski definition) is 3. The van der Waals surface area contributed by atoms with Crippen molar-refractivity contribution in [2.45, 2.75) is 12.5 Å². The van der Waals surface area contributed by atoms with Crippen molar-refractivity contribution in [3.05, 3.63) is 30.0 Å². The molecule has 4 N–H and O–H groups in total. The van der Waals surface area contributed by atoms with E-state index in [4.69, 9.17) is 15.6 Å². The van der Waals surface area contributed by atoms with E-state index >= 15 is 0 Å². The largest absolute Gasteiger partial charge is 0.497 e. The fourth-order valence-electron chi connectivity index (χ4n) is 1.75. The molecule has 4 nitrogen and oxygen atoms in total. The molecule has 0 bridgehead atoms. The van der Waals surface area contributed by atoms with Crippen molar-refractivity contribution in [1.29, 1.82) is 0 Å². The summed E-state index contributed by atoms with van der Waals surface area (Å²) in [6.45, 7) is -0.00130. The van der Waals surface area contributed by atoms with Gasteiger partial charge < -0.3 is 20.6 Å². The van der Waals surface area contributed by atoms with Crippen LogP contribution in [0.15, 0.2) is 24.3 Å². The number of fused-ring (bicyclic) bond motifs is 1. The Morgan fingerprint density at radius 1 is 1.44 bits per heavy atom. The lowest BCUT2D eigenvalue weighted by Crippen LogP contribution is -2.26. The summed E-state index contributed by atoms with van der Waals surface area (Å²) in [7, 11) is 1.65. The van der Waals surface area contributed by atoms with Gasteiger partial charge in [0.1, 0.15) is 5.75 Å². The minimum absolute atomic E-state index is 0.00130. The Hall–Kier alpha value is -1.52. The van der Waals surface area contributed by atoms with Crippen LogP contribution in [-0.2, 0) is 6.42 Å². The minimum Gasteiger partial charge on any atom is -0.497 e. The van der Waals surface area contributed by atoms with Crippen LogP contribution in [0.5, 0.6) is 5.75 Å². The molecule has 4 heteroatoms. The van der Waals surface area contributed by atoms with Crippen LogP contribution < -0.4 is 10.5 Å². The SMILES string of the molecule is COc1ccc2cc(CC(N)CO)[nH]c2c1. The summed E-state index contributed by atoms with van der Waals surface area (Å²) in [4.78, 5) is 3.26. The third kappa shape index (κ3) is 2.18. The van der Waals surface area contributed by atoms with Crippen molar-refractivity contribution in [3.63, 3.8) is 0 Å². The molecule has 0 saturated carbocycles. The Bertz CT molecular complexity index is 479. The van der Waals surface area contributed by atoms with E-state index in [2.05, 4.69) is 4.98 Å². The molecular weight excluding hydrogens is 204 g/mol. The fourth-order valence-corrected chi connectivity index (χ4v) is 1.75. The summed E-state index contributed by atoms with van der Waals surface area (Å²) in [6.07, 6.45) is 0.646. The standard InChI is InChI=1S/C12H16N2O2/c1-16-11-3-2-8-4-10(5-9(13)7-15)14-12(8)6-11/h2-4,6,9,14-15H,5,7,13H2,1H3. The summed E-state index contributed by atoms with van der Waals surface area (Å²) in [5.74, 6) is 0.826. The molecular formula is C12H16N2O2. The van der Waals surface area contributed by atoms with Gasteiger partial charge in [0.25, 0.3) is 0 Å². The van der Waals surface area contributed by atoms with Crippen LogP contribution in [0.2, 0.25) is 0 Å². The molecule has 86 valence electrons. The van der Waals surface area contributed by atoms with E-state index in [9.17, 15) is 0 Å². The van der Waals surface area contributed by atoms with Gasteiger partial charge in [0, 0.05) is 29.7 Å². The molecule has 16 heavy (non-hydrogen) atoms. The number of benzene rings is 1. The van der Waals surface area contributed by atoms with Crippen molar-refractivity contribution < 1.29 is 9.84 Å². The number of H-pyrrole nitrogens is 1. The molecule has 2 aromatic rings. The van der Waals surface area contributed by atoms with Gasteiger partial charge >= 0.3 is 0 Å². The number of hydrogen-bond donors (Lipinski definition) is 3. The lowest BCUT2D eigenvalue weighted by Gasteiger charge is -2.04. The first-order chi connectivity index (χ1) is 7.72. The van der Waals surface area contributed by atoms with Crippen LogP contribution in [0, 0.1) is 0 Å². The summed E-state index contributed by atoms with van der Waals surface area (Å²) in [6, 6.07) is 7.70. The molecule has 0 saturated heterocycles. The maximum absolute atomic E-state index is 8.89. The Kier molecular flexibility index (Phi) is 3.12. The highest BCUT2D eigenvalue weighted by Gasteiger charge is 2.06. The van der Waals surface area contributed by atoms with Crippen molar-refractivity contribution in [1.82, 2.24) is 4.98 Å².